The van der Waals surface area contributed by atoms with Crippen LogP contribution in [0.4, 0.5) is 0 Å². The maximum Gasteiger partial charge on any atom is 0.111 e. The Morgan fingerprint density at radius 2 is 2.10 bits per heavy atom. The summed E-state index contributed by atoms with van der Waals surface area (Å²) < 4.78 is 1.30. The van der Waals surface area contributed by atoms with Gasteiger partial charge in [0.15, 0.2) is 0 Å². The van der Waals surface area contributed by atoms with Crippen LogP contribution in [0.15, 0.2) is 24.3 Å². The van der Waals surface area contributed by atoms with Crippen LogP contribution in [-0.2, 0) is 0 Å². The summed E-state index contributed by atoms with van der Waals surface area (Å²) in [7, 11) is 0. The number of thiazole rings is 1. The van der Waals surface area contributed by atoms with Crippen LogP contribution in [0.3, 0.4) is 0 Å². The Morgan fingerprint density at radius 3 is 2.95 bits per heavy atom. The lowest BCUT2D eigenvalue weighted by Gasteiger charge is -2.34. The van der Waals surface area contributed by atoms with Gasteiger partial charge in [0, 0.05) is 6.61 Å². The fourth-order valence-electron chi connectivity index (χ4n) is 3.17. The van der Waals surface area contributed by atoms with Crippen LogP contribution >= 0.6 is 11.3 Å². The molecule has 4 heteroatoms. The number of aliphatic hydroxyl groups is 1. The Bertz CT molecular complexity index is 536. The Balaban J connectivity index is 1.70. The Labute approximate surface area is 130 Å². The molecule has 0 spiro atoms. The first-order valence-corrected chi connectivity index (χ1v) is 8.90. The van der Waals surface area contributed by atoms with Crippen LogP contribution in [0.5, 0.6) is 0 Å². The van der Waals surface area contributed by atoms with Crippen LogP contribution in [0.1, 0.15) is 49.6 Å². The number of piperidine rings is 1. The van der Waals surface area contributed by atoms with Gasteiger partial charge in [-0.05, 0) is 57.3 Å². The summed E-state index contributed by atoms with van der Waals surface area (Å²) in [6.07, 6.45) is 7.09. The maximum absolute atomic E-state index is 8.89. The molecular formula is C17H24N2OS. The predicted octanol–water partition coefficient (Wildman–Crippen LogP) is 3.99. The molecule has 1 saturated heterocycles. The van der Waals surface area contributed by atoms with Gasteiger partial charge in [-0.3, -0.25) is 4.90 Å². The van der Waals surface area contributed by atoms with E-state index in [0.29, 0.717) is 12.6 Å². The van der Waals surface area contributed by atoms with Gasteiger partial charge in [-0.25, -0.2) is 4.98 Å². The Morgan fingerprint density at radius 1 is 1.19 bits per heavy atom. The minimum absolute atomic E-state index is 0.321. The molecule has 3 rings (SSSR count). The maximum atomic E-state index is 8.89. The molecule has 1 fully saturated rings. The first-order chi connectivity index (χ1) is 10.4. The van der Waals surface area contributed by atoms with Crippen molar-refractivity contribution in [1.82, 2.24) is 9.88 Å². The highest BCUT2D eigenvalue weighted by molar-refractivity contribution is 7.18. The van der Waals surface area contributed by atoms with Crippen molar-refractivity contribution in [3.63, 3.8) is 0 Å². The van der Waals surface area contributed by atoms with E-state index in [-0.39, 0.29) is 0 Å². The van der Waals surface area contributed by atoms with Crippen molar-refractivity contribution in [2.75, 3.05) is 19.7 Å². The molecule has 1 aromatic heterocycles. The third kappa shape index (κ3) is 3.62. The standard InChI is InChI=1S/C17H24N2OS/c20-13-7-1-5-11-19-12-6-4-9-15(19)17-18-14-8-2-3-10-16(14)21-17/h2-3,8,10,15,20H,1,4-7,9,11-13H2. The predicted molar refractivity (Wildman–Crippen MR) is 88.7 cm³/mol. The zero-order chi connectivity index (χ0) is 14.5. The number of para-hydroxylation sites is 1. The van der Waals surface area contributed by atoms with Crippen LogP contribution in [-0.4, -0.2) is 34.7 Å². The molecular weight excluding hydrogens is 280 g/mol. The van der Waals surface area contributed by atoms with E-state index >= 15 is 0 Å². The monoisotopic (exact) mass is 304 g/mol. The largest absolute Gasteiger partial charge is 0.396 e. The van der Waals surface area contributed by atoms with Gasteiger partial charge in [0.25, 0.3) is 0 Å². The summed E-state index contributed by atoms with van der Waals surface area (Å²) in [5.41, 5.74) is 1.14. The number of hydrogen-bond donors (Lipinski definition) is 1. The molecule has 1 aliphatic heterocycles. The summed E-state index contributed by atoms with van der Waals surface area (Å²) in [6.45, 7) is 2.65. The fourth-order valence-corrected chi connectivity index (χ4v) is 4.31. The quantitative estimate of drug-likeness (QED) is 0.820. The number of benzene rings is 1. The van der Waals surface area contributed by atoms with E-state index in [1.165, 1.54) is 41.9 Å². The molecule has 0 radical (unpaired) electrons. The van der Waals surface area contributed by atoms with Crippen molar-refractivity contribution in [3.05, 3.63) is 29.3 Å². The van der Waals surface area contributed by atoms with Crippen LogP contribution in [0.2, 0.25) is 0 Å². The summed E-state index contributed by atoms with van der Waals surface area (Å²) in [5.74, 6) is 0. The number of unbranched alkanes of at least 4 members (excludes halogenated alkanes) is 2. The molecule has 0 bridgehead atoms. The molecule has 21 heavy (non-hydrogen) atoms. The van der Waals surface area contributed by atoms with Crippen LogP contribution in [0, 0.1) is 0 Å². The van der Waals surface area contributed by atoms with Crippen LogP contribution < -0.4 is 0 Å². The molecule has 2 heterocycles. The molecule has 0 amide bonds. The number of nitrogens with zero attached hydrogens (tertiary/aromatic N) is 2. The number of aliphatic hydroxyl groups excluding tert-OH is 1. The molecule has 1 atom stereocenters. The zero-order valence-electron chi connectivity index (χ0n) is 12.5. The molecule has 114 valence electrons. The average Bonchev–Trinajstić information content (AvgIpc) is 2.96. The van der Waals surface area contributed by atoms with Gasteiger partial charge >= 0.3 is 0 Å². The van der Waals surface area contributed by atoms with E-state index in [0.717, 1.165) is 24.9 Å². The fraction of sp³-hybridized carbons (Fsp3) is 0.588. The van der Waals surface area contributed by atoms with E-state index in [1.54, 1.807) is 0 Å². The van der Waals surface area contributed by atoms with Gasteiger partial charge in [-0.15, -0.1) is 11.3 Å². The minimum Gasteiger partial charge on any atom is -0.396 e. The van der Waals surface area contributed by atoms with Crippen molar-refractivity contribution in [3.8, 4) is 0 Å². The highest BCUT2D eigenvalue weighted by Crippen LogP contribution is 2.35. The summed E-state index contributed by atoms with van der Waals surface area (Å²) in [5, 5.41) is 10.2. The topological polar surface area (TPSA) is 36.4 Å². The van der Waals surface area contributed by atoms with Gasteiger partial charge < -0.3 is 5.11 Å². The summed E-state index contributed by atoms with van der Waals surface area (Å²) in [4.78, 5) is 7.48. The first kappa shape index (κ1) is 14.9. The second-order valence-corrected chi connectivity index (χ2v) is 6.91. The van der Waals surface area contributed by atoms with Crippen molar-refractivity contribution in [1.29, 1.82) is 0 Å². The number of hydrogen-bond acceptors (Lipinski definition) is 4. The Kier molecular flexibility index (Phi) is 5.22. The third-order valence-corrected chi connectivity index (χ3v) is 5.45. The average molecular weight is 304 g/mol. The van der Waals surface area contributed by atoms with Crippen molar-refractivity contribution >= 4 is 21.6 Å². The smallest absolute Gasteiger partial charge is 0.111 e. The lowest BCUT2D eigenvalue weighted by molar-refractivity contribution is 0.144. The van der Waals surface area contributed by atoms with Gasteiger partial charge in [0.1, 0.15) is 5.01 Å². The number of fused-ring (bicyclic) bond motifs is 1. The summed E-state index contributed by atoms with van der Waals surface area (Å²) in [6, 6.07) is 8.96. The molecule has 1 aromatic carbocycles. The van der Waals surface area contributed by atoms with Crippen LogP contribution in [0.25, 0.3) is 10.2 Å². The van der Waals surface area contributed by atoms with E-state index < -0.39 is 0 Å². The SMILES string of the molecule is OCCCCCN1CCCCC1c1nc2ccccc2s1. The molecule has 0 saturated carbocycles. The second-order valence-electron chi connectivity index (χ2n) is 5.85. The van der Waals surface area contributed by atoms with Gasteiger partial charge in [-0.1, -0.05) is 18.6 Å². The number of aromatic nitrogens is 1. The first-order valence-electron chi connectivity index (χ1n) is 8.09. The molecule has 1 N–H and O–H groups in total. The van der Waals surface area contributed by atoms with E-state index in [4.69, 9.17) is 10.1 Å². The lowest BCUT2D eigenvalue weighted by atomic mass is 10.0. The molecule has 0 aliphatic carbocycles. The van der Waals surface area contributed by atoms with E-state index in [9.17, 15) is 0 Å². The normalized spacial score (nSPS) is 20.1. The van der Waals surface area contributed by atoms with Gasteiger partial charge in [-0.2, -0.15) is 0 Å². The second kappa shape index (κ2) is 7.34. The highest BCUT2D eigenvalue weighted by atomic mass is 32.1. The highest BCUT2D eigenvalue weighted by Gasteiger charge is 2.26. The molecule has 2 aromatic rings. The zero-order valence-corrected chi connectivity index (χ0v) is 13.3. The lowest BCUT2D eigenvalue weighted by Crippen LogP contribution is -2.34. The van der Waals surface area contributed by atoms with Gasteiger partial charge in [0.2, 0.25) is 0 Å². The van der Waals surface area contributed by atoms with E-state index in [2.05, 4.69) is 29.2 Å². The number of likely N-dealkylation sites (tertiary alicyclic amines) is 1. The molecule has 1 unspecified atom stereocenters. The third-order valence-electron chi connectivity index (χ3n) is 4.31. The van der Waals surface area contributed by atoms with Crippen molar-refractivity contribution in [2.24, 2.45) is 0 Å². The van der Waals surface area contributed by atoms with Crippen molar-refractivity contribution in [2.45, 2.75) is 44.6 Å². The minimum atomic E-state index is 0.321. The summed E-state index contributed by atoms with van der Waals surface area (Å²) >= 11 is 1.86. The molecule has 3 nitrogen and oxygen atoms in total. The number of rotatable bonds is 6. The Hall–Kier alpha value is -0.970. The van der Waals surface area contributed by atoms with Crippen molar-refractivity contribution < 1.29 is 5.11 Å². The van der Waals surface area contributed by atoms with Gasteiger partial charge in [0.05, 0.1) is 16.3 Å². The van der Waals surface area contributed by atoms with E-state index in [1.807, 2.05) is 11.3 Å². The molecule has 1 aliphatic rings.